The third-order valence-electron chi connectivity index (χ3n) is 4.02. The fourth-order valence-corrected chi connectivity index (χ4v) is 3.01. The first-order valence-electron chi connectivity index (χ1n) is 6.24. The fraction of sp³-hybridized carbons (Fsp3) is 1.00. The molecule has 3 rings (SSSR count). The third-order valence-corrected chi connectivity index (χ3v) is 4.02. The van der Waals surface area contributed by atoms with Gasteiger partial charge in [-0.15, -0.1) is 0 Å². The van der Waals surface area contributed by atoms with Gasteiger partial charge in [0.1, 0.15) is 0 Å². The maximum Gasteiger partial charge on any atom is 0.0628 e. The highest BCUT2D eigenvalue weighted by Gasteiger charge is 2.45. The van der Waals surface area contributed by atoms with Crippen LogP contribution in [0, 0.1) is 11.8 Å². The summed E-state index contributed by atoms with van der Waals surface area (Å²) in [5.74, 6) is 1.34. The number of nitrogens with one attached hydrogen (secondary N) is 1. The second-order valence-electron chi connectivity index (χ2n) is 5.64. The van der Waals surface area contributed by atoms with Gasteiger partial charge in [0.05, 0.1) is 12.1 Å². The van der Waals surface area contributed by atoms with Crippen LogP contribution in [0.5, 0.6) is 0 Å². The molecule has 0 amide bonds. The molecule has 3 aliphatic heterocycles. The van der Waals surface area contributed by atoms with Crippen molar-refractivity contribution in [3.63, 3.8) is 0 Å². The van der Waals surface area contributed by atoms with Crippen LogP contribution in [0.2, 0.25) is 0 Å². The largest absolute Gasteiger partial charge is 0.394 e. The second-order valence-corrected chi connectivity index (χ2v) is 5.64. The van der Waals surface area contributed by atoms with Crippen molar-refractivity contribution in [3.8, 4) is 0 Å². The average Bonchev–Trinajstić information content (AvgIpc) is 2.28. The van der Waals surface area contributed by atoms with Crippen molar-refractivity contribution in [2.75, 3.05) is 32.8 Å². The van der Waals surface area contributed by atoms with Gasteiger partial charge in [-0.1, -0.05) is 13.8 Å². The lowest BCUT2D eigenvalue weighted by atomic mass is 9.73. The number of aliphatic hydroxyl groups excluding tert-OH is 1. The zero-order chi connectivity index (χ0) is 10.9. The first-order chi connectivity index (χ1) is 7.16. The Morgan fingerprint density at radius 2 is 2.07 bits per heavy atom. The normalized spacial score (nSPS) is 40.0. The molecule has 3 heterocycles. The highest BCUT2D eigenvalue weighted by atomic mass is 16.3. The van der Waals surface area contributed by atoms with Crippen LogP contribution in [-0.4, -0.2) is 48.3 Å². The minimum Gasteiger partial charge on any atom is -0.394 e. The van der Waals surface area contributed by atoms with E-state index in [1.54, 1.807) is 0 Å². The molecule has 0 spiro atoms. The van der Waals surface area contributed by atoms with Gasteiger partial charge in [0.15, 0.2) is 0 Å². The zero-order valence-electron chi connectivity index (χ0n) is 10.00. The highest BCUT2D eigenvalue weighted by Crippen LogP contribution is 2.35. The summed E-state index contributed by atoms with van der Waals surface area (Å²) >= 11 is 0. The molecule has 1 atom stereocenters. The summed E-state index contributed by atoms with van der Waals surface area (Å²) in [7, 11) is 0. The molecule has 0 radical (unpaired) electrons. The first kappa shape index (κ1) is 11.4. The van der Waals surface area contributed by atoms with E-state index in [0.29, 0.717) is 18.4 Å². The van der Waals surface area contributed by atoms with Crippen molar-refractivity contribution in [1.82, 2.24) is 10.2 Å². The molecule has 1 unspecified atom stereocenters. The lowest BCUT2D eigenvalue weighted by molar-refractivity contribution is -0.0264. The van der Waals surface area contributed by atoms with E-state index in [-0.39, 0.29) is 5.54 Å². The van der Waals surface area contributed by atoms with Crippen LogP contribution in [0.25, 0.3) is 0 Å². The summed E-state index contributed by atoms with van der Waals surface area (Å²) in [6.07, 6.45) is 2.51. The molecule has 3 aliphatic rings. The van der Waals surface area contributed by atoms with Gasteiger partial charge in [-0.05, 0) is 44.3 Å². The van der Waals surface area contributed by atoms with E-state index >= 15 is 0 Å². The molecule has 0 aromatic heterocycles. The Hall–Kier alpha value is -0.120. The monoisotopic (exact) mass is 212 g/mol. The van der Waals surface area contributed by atoms with Crippen LogP contribution in [0.4, 0.5) is 0 Å². The topological polar surface area (TPSA) is 35.5 Å². The van der Waals surface area contributed by atoms with Crippen molar-refractivity contribution in [2.24, 2.45) is 11.8 Å². The Bertz CT molecular complexity index is 212. The number of hydrogen-bond donors (Lipinski definition) is 2. The second kappa shape index (κ2) is 4.40. The molecule has 88 valence electrons. The molecule has 0 aliphatic carbocycles. The molecule has 2 N–H and O–H groups in total. The smallest absolute Gasteiger partial charge is 0.0628 e. The van der Waals surface area contributed by atoms with E-state index in [2.05, 4.69) is 24.1 Å². The summed E-state index contributed by atoms with van der Waals surface area (Å²) in [5.41, 5.74) is 0.000764. The van der Waals surface area contributed by atoms with Gasteiger partial charge in [-0.2, -0.15) is 0 Å². The maximum atomic E-state index is 9.69. The van der Waals surface area contributed by atoms with Crippen LogP contribution >= 0.6 is 0 Å². The third kappa shape index (κ3) is 2.19. The molecular formula is C12H24N2O. The highest BCUT2D eigenvalue weighted by molar-refractivity contribution is 5.03. The van der Waals surface area contributed by atoms with Crippen molar-refractivity contribution in [1.29, 1.82) is 0 Å². The molecule has 15 heavy (non-hydrogen) atoms. The number of fused-ring (bicyclic) bond motifs is 3. The first-order valence-corrected chi connectivity index (χ1v) is 6.24. The average molecular weight is 212 g/mol. The lowest BCUT2D eigenvalue weighted by Gasteiger charge is -2.53. The minimum absolute atomic E-state index is 0.000764. The van der Waals surface area contributed by atoms with Crippen molar-refractivity contribution in [3.05, 3.63) is 0 Å². The van der Waals surface area contributed by atoms with Crippen molar-refractivity contribution in [2.45, 2.75) is 32.2 Å². The molecule has 3 saturated heterocycles. The Kier molecular flexibility index (Phi) is 3.33. The molecule has 0 saturated carbocycles. The molecule has 3 nitrogen and oxygen atoms in total. The maximum absolute atomic E-state index is 9.69. The van der Waals surface area contributed by atoms with Gasteiger partial charge in [0.2, 0.25) is 0 Å². The molecular weight excluding hydrogens is 188 g/mol. The number of nitrogens with zero attached hydrogens (tertiary/aromatic N) is 1. The fourth-order valence-electron chi connectivity index (χ4n) is 3.01. The van der Waals surface area contributed by atoms with E-state index in [1.807, 2.05) is 0 Å². The van der Waals surface area contributed by atoms with Crippen LogP contribution in [0.1, 0.15) is 26.7 Å². The van der Waals surface area contributed by atoms with Gasteiger partial charge in [0.25, 0.3) is 0 Å². The van der Waals surface area contributed by atoms with Crippen molar-refractivity contribution < 1.29 is 5.11 Å². The predicted molar refractivity (Wildman–Crippen MR) is 61.8 cm³/mol. The Balaban J connectivity index is 2.01. The van der Waals surface area contributed by atoms with E-state index < -0.39 is 0 Å². The van der Waals surface area contributed by atoms with Crippen LogP contribution < -0.4 is 5.32 Å². The molecule has 3 fully saturated rings. The summed E-state index contributed by atoms with van der Waals surface area (Å²) in [4.78, 5) is 2.49. The molecule has 2 bridgehead atoms. The van der Waals surface area contributed by atoms with Crippen LogP contribution in [0.15, 0.2) is 0 Å². The summed E-state index contributed by atoms with van der Waals surface area (Å²) in [6, 6.07) is 0. The quantitative estimate of drug-likeness (QED) is 0.719. The number of rotatable bonds is 4. The van der Waals surface area contributed by atoms with E-state index in [1.165, 1.54) is 25.9 Å². The summed E-state index contributed by atoms with van der Waals surface area (Å²) in [5, 5.41) is 13.3. The summed E-state index contributed by atoms with van der Waals surface area (Å²) in [6.45, 7) is 9.26. The van der Waals surface area contributed by atoms with Gasteiger partial charge >= 0.3 is 0 Å². The van der Waals surface area contributed by atoms with E-state index in [9.17, 15) is 5.11 Å². The SMILES string of the molecule is CC(C)CNC1(CO)CN2CCC1CC2. The van der Waals surface area contributed by atoms with E-state index in [0.717, 1.165) is 13.1 Å². The molecule has 3 heteroatoms. The van der Waals surface area contributed by atoms with Gasteiger partial charge < -0.3 is 15.3 Å². The van der Waals surface area contributed by atoms with Crippen molar-refractivity contribution >= 4 is 0 Å². The van der Waals surface area contributed by atoms with Gasteiger partial charge in [-0.25, -0.2) is 0 Å². The lowest BCUT2D eigenvalue weighted by Crippen LogP contribution is -2.68. The Morgan fingerprint density at radius 1 is 1.40 bits per heavy atom. The number of aliphatic hydroxyl groups is 1. The predicted octanol–water partition coefficient (Wildman–Crippen LogP) is 0.689. The summed E-state index contributed by atoms with van der Waals surface area (Å²) < 4.78 is 0. The van der Waals surface area contributed by atoms with Crippen LogP contribution in [0.3, 0.4) is 0 Å². The minimum atomic E-state index is 0.000764. The van der Waals surface area contributed by atoms with Crippen LogP contribution in [-0.2, 0) is 0 Å². The van der Waals surface area contributed by atoms with E-state index in [4.69, 9.17) is 0 Å². The number of hydrogen-bond acceptors (Lipinski definition) is 3. The van der Waals surface area contributed by atoms with Gasteiger partial charge in [-0.3, -0.25) is 0 Å². The molecule has 0 aromatic carbocycles. The van der Waals surface area contributed by atoms with Gasteiger partial charge in [0, 0.05) is 6.54 Å². The molecule has 0 aromatic rings. The standard InChI is InChI=1S/C12H24N2O/c1-10(2)7-13-12(9-15)8-14-5-3-11(12)4-6-14/h10-11,13,15H,3-9H2,1-2H3. The Morgan fingerprint density at radius 3 is 2.47 bits per heavy atom. The Labute approximate surface area is 92.8 Å². The zero-order valence-corrected chi connectivity index (χ0v) is 10.00. The number of piperidine rings is 3.